The molecular formula is C19H23N2P. The highest BCUT2D eigenvalue weighted by atomic mass is 31.0. The van der Waals surface area contributed by atoms with E-state index in [4.69, 9.17) is 5.73 Å². The minimum absolute atomic E-state index is 0.00263. The highest BCUT2D eigenvalue weighted by molar-refractivity contribution is 7.15. The van der Waals surface area contributed by atoms with Crippen LogP contribution in [0.3, 0.4) is 0 Å². The lowest BCUT2D eigenvalue weighted by molar-refractivity contribution is 0.659. The molecule has 22 heavy (non-hydrogen) atoms. The predicted molar refractivity (Wildman–Crippen MR) is 98.5 cm³/mol. The van der Waals surface area contributed by atoms with Gasteiger partial charge in [-0.15, -0.1) is 0 Å². The first-order valence-electron chi connectivity index (χ1n) is 7.70. The van der Waals surface area contributed by atoms with Gasteiger partial charge in [-0.25, -0.2) is 0 Å². The minimum atomic E-state index is -0.00263. The summed E-state index contributed by atoms with van der Waals surface area (Å²) in [5.74, 6) is 0.990. The van der Waals surface area contributed by atoms with Gasteiger partial charge in [-0.3, -0.25) is 4.76 Å². The Morgan fingerprint density at radius 1 is 1.09 bits per heavy atom. The molecule has 0 saturated carbocycles. The number of nitrogens with two attached hydrogens (primary N) is 1. The molecule has 114 valence electrons. The summed E-state index contributed by atoms with van der Waals surface area (Å²) in [5, 5.41) is 0. The van der Waals surface area contributed by atoms with Crippen LogP contribution in [-0.4, -0.2) is 5.84 Å². The molecule has 2 aromatic rings. The van der Waals surface area contributed by atoms with Gasteiger partial charge in [0.2, 0.25) is 0 Å². The molecule has 2 aromatic carbocycles. The molecule has 0 spiro atoms. The number of hydrogen-bond donors (Lipinski definition) is 1. The fraction of sp³-hybridized carbons (Fsp3) is 0.316. The highest BCUT2D eigenvalue weighted by Gasteiger charge is 2.36. The minimum Gasteiger partial charge on any atom is -0.383 e. The molecule has 1 aliphatic rings. The third-order valence-electron chi connectivity index (χ3n) is 4.79. The molecule has 0 aliphatic heterocycles. The first-order valence-corrected chi connectivity index (χ1v) is 8.21. The topological polar surface area (TPSA) is 38.4 Å². The summed E-state index contributed by atoms with van der Waals surface area (Å²) < 4.78 is 4.14. The summed E-state index contributed by atoms with van der Waals surface area (Å²) in [4.78, 5) is 0. The van der Waals surface area contributed by atoms with Crippen LogP contribution in [-0.2, 0) is 5.41 Å². The van der Waals surface area contributed by atoms with Gasteiger partial charge in [-0.1, -0.05) is 52.0 Å². The van der Waals surface area contributed by atoms with E-state index >= 15 is 0 Å². The molecule has 3 heteroatoms. The monoisotopic (exact) mass is 310 g/mol. The van der Waals surface area contributed by atoms with E-state index in [2.05, 4.69) is 78.2 Å². The molecule has 0 radical (unpaired) electrons. The summed E-state index contributed by atoms with van der Waals surface area (Å²) in [5.41, 5.74) is 13.9. The van der Waals surface area contributed by atoms with E-state index in [-0.39, 0.29) is 5.41 Å². The molecule has 0 saturated heterocycles. The maximum Gasteiger partial charge on any atom is 0.129 e. The van der Waals surface area contributed by atoms with E-state index in [1.807, 2.05) is 0 Å². The predicted octanol–water partition coefficient (Wildman–Crippen LogP) is 4.61. The summed E-state index contributed by atoms with van der Waals surface area (Å²) in [6.07, 6.45) is 0. The van der Waals surface area contributed by atoms with Gasteiger partial charge in [-0.2, -0.15) is 0 Å². The zero-order chi connectivity index (χ0) is 16.1. The molecular weight excluding hydrogens is 287 g/mol. The van der Waals surface area contributed by atoms with Crippen LogP contribution in [0.1, 0.15) is 55.9 Å². The fourth-order valence-electron chi connectivity index (χ4n) is 3.53. The lowest BCUT2D eigenvalue weighted by atomic mass is 9.80. The van der Waals surface area contributed by atoms with Crippen molar-refractivity contribution < 1.29 is 0 Å². The largest absolute Gasteiger partial charge is 0.383 e. The Morgan fingerprint density at radius 3 is 2.41 bits per heavy atom. The Labute approximate surface area is 135 Å². The van der Waals surface area contributed by atoms with Gasteiger partial charge in [0.15, 0.2) is 0 Å². The average Bonchev–Trinajstić information content (AvgIpc) is 2.74. The summed E-state index contributed by atoms with van der Waals surface area (Å²) in [7, 11) is 2.37. The standard InChI is InChI=1S/C19H23N2P/c1-11(2)13-9-14-12-7-5-6-8-16(12)19(3,4)17(14)10-15(13)18(20)21-22/h5-11H,22H2,1-4H3,(H2,20,21). The Balaban J connectivity index is 2.35. The average molecular weight is 310 g/mol. The highest BCUT2D eigenvalue weighted by Crippen LogP contribution is 2.49. The molecule has 3 rings (SSSR count). The molecule has 1 unspecified atom stereocenters. The number of fused-ring (bicyclic) bond motifs is 3. The van der Waals surface area contributed by atoms with E-state index in [0.717, 1.165) is 5.56 Å². The van der Waals surface area contributed by atoms with Crippen LogP contribution in [0.4, 0.5) is 0 Å². The zero-order valence-corrected chi connectivity index (χ0v) is 14.8. The quantitative estimate of drug-likeness (QED) is 0.491. The fourth-order valence-corrected chi connectivity index (χ4v) is 3.67. The first-order chi connectivity index (χ1) is 10.4. The molecule has 2 N–H and O–H groups in total. The third-order valence-corrected chi connectivity index (χ3v) is 5.07. The SMILES string of the molecule is CC(C)c1cc2c(cc1/C(N)=N\P)C(C)(C)c1ccccc1-2. The van der Waals surface area contributed by atoms with Crippen molar-refractivity contribution in [1.29, 1.82) is 0 Å². The van der Waals surface area contributed by atoms with Gasteiger partial charge < -0.3 is 5.73 Å². The second-order valence-electron chi connectivity index (χ2n) is 6.82. The third kappa shape index (κ3) is 2.09. The van der Waals surface area contributed by atoms with Crippen molar-refractivity contribution in [3.63, 3.8) is 0 Å². The zero-order valence-electron chi connectivity index (χ0n) is 13.6. The van der Waals surface area contributed by atoms with Gasteiger partial charge in [-0.05, 0) is 55.3 Å². The second-order valence-corrected chi connectivity index (χ2v) is 7.08. The van der Waals surface area contributed by atoms with Gasteiger partial charge in [0.05, 0.1) is 0 Å². The van der Waals surface area contributed by atoms with E-state index in [1.165, 1.54) is 27.8 Å². The number of rotatable bonds is 2. The Bertz CT molecular complexity index is 773. The van der Waals surface area contributed by atoms with Gasteiger partial charge in [0, 0.05) is 11.0 Å². The Hall–Kier alpha value is -1.66. The molecule has 1 atom stereocenters. The van der Waals surface area contributed by atoms with Crippen molar-refractivity contribution in [2.45, 2.75) is 39.0 Å². The smallest absolute Gasteiger partial charge is 0.129 e. The van der Waals surface area contributed by atoms with Gasteiger partial charge >= 0.3 is 0 Å². The molecule has 0 amide bonds. The number of amidine groups is 1. The van der Waals surface area contributed by atoms with Crippen molar-refractivity contribution in [1.82, 2.24) is 0 Å². The van der Waals surface area contributed by atoms with E-state index < -0.39 is 0 Å². The van der Waals surface area contributed by atoms with Crippen LogP contribution >= 0.6 is 9.39 Å². The maximum absolute atomic E-state index is 6.15. The Morgan fingerprint density at radius 2 is 1.77 bits per heavy atom. The molecule has 1 aliphatic carbocycles. The second kappa shape index (κ2) is 5.21. The molecule has 0 fully saturated rings. The number of nitrogens with zero attached hydrogens (tertiary/aromatic N) is 1. The maximum atomic E-state index is 6.15. The van der Waals surface area contributed by atoms with Crippen LogP contribution in [0.15, 0.2) is 41.2 Å². The van der Waals surface area contributed by atoms with E-state index in [9.17, 15) is 0 Å². The molecule has 2 nitrogen and oxygen atoms in total. The Kier molecular flexibility index (Phi) is 3.61. The van der Waals surface area contributed by atoms with E-state index in [0.29, 0.717) is 11.8 Å². The lowest BCUT2D eigenvalue weighted by Gasteiger charge is -2.23. The van der Waals surface area contributed by atoms with Gasteiger partial charge in [0.25, 0.3) is 0 Å². The number of benzene rings is 2. The van der Waals surface area contributed by atoms with Crippen molar-refractivity contribution >= 4 is 15.2 Å². The van der Waals surface area contributed by atoms with Crippen LogP contribution < -0.4 is 5.73 Å². The van der Waals surface area contributed by atoms with E-state index in [1.54, 1.807) is 0 Å². The van der Waals surface area contributed by atoms with Crippen LogP contribution in [0, 0.1) is 0 Å². The molecule has 0 heterocycles. The van der Waals surface area contributed by atoms with Crippen LogP contribution in [0.2, 0.25) is 0 Å². The van der Waals surface area contributed by atoms with Crippen molar-refractivity contribution in [3.8, 4) is 11.1 Å². The first kappa shape index (κ1) is 15.2. The van der Waals surface area contributed by atoms with Crippen molar-refractivity contribution in [3.05, 3.63) is 58.7 Å². The summed E-state index contributed by atoms with van der Waals surface area (Å²) >= 11 is 0. The van der Waals surface area contributed by atoms with Crippen LogP contribution in [0.25, 0.3) is 11.1 Å². The number of hydrogen-bond acceptors (Lipinski definition) is 1. The summed E-state index contributed by atoms with van der Waals surface area (Å²) in [6.45, 7) is 8.97. The van der Waals surface area contributed by atoms with Crippen LogP contribution in [0.5, 0.6) is 0 Å². The normalized spacial score (nSPS) is 15.8. The lowest BCUT2D eigenvalue weighted by Crippen LogP contribution is -2.19. The molecule has 0 bridgehead atoms. The van der Waals surface area contributed by atoms with Crippen molar-refractivity contribution in [2.24, 2.45) is 10.5 Å². The summed E-state index contributed by atoms with van der Waals surface area (Å²) in [6, 6.07) is 13.2. The van der Waals surface area contributed by atoms with Gasteiger partial charge in [0.1, 0.15) is 5.84 Å². The molecule has 0 aromatic heterocycles. The van der Waals surface area contributed by atoms with Crippen molar-refractivity contribution in [2.75, 3.05) is 0 Å².